The van der Waals surface area contributed by atoms with Crippen LogP contribution in [0.1, 0.15) is 27.3 Å². The molecule has 2 aromatic rings. The van der Waals surface area contributed by atoms with Crippen LogP contribution >= 0.6 is 0 Å². The average Bonchev–Trinajstić information content (AvgIpc) is 2.52. The SMILES string of the molecule is C=Cc1ccc(COc2cccc(C(N)=O)c2)nc1C=C. The number of benzene rings is 1. The summed E-state index contributed by atoms with van der Waals surface area (Å²) in [5.74, 6) is 0.0869. The maximum atomic E-state index is 11.1. The van der Waals surface area contributed by atoms with Crippen molar-refractivity contribution in [2.75, 3.05) is 0 Å². The maximum Gasteiger partial charge on any atom is 0.248 e. The van der Waals surface area contributed by atoms with Crippen LogP contribution in [0.4, 0.5) is 0 Å². The summed E-state index contributed by atoms with van der Waals surface area (Å²) in [7, 11) is 0. The molecule has 4 heteroatoms. The Kier molecular flexibility index (Phi) is 4.51. The van der Waals surface area contributed by atoms with Gasteiger partial charge in [-0.05, 0) is 35.9 Å². The monoisotopic (exact) mass is 280 g/mol. The first-order valence-electron chi connectivity index (χ1n) is 6.41. The van der Waals surface area contributed by atoms with Gasteiger partial charge in [0.25, 0.3) is 0 Å². The fourth-order valence-electron chi connectivity index (χ4n) is 1.84. The molecule has 0 fully saturated rings. The smallest absolute Gasteiger partial charge is 0.248 e. The van der Waals surface area contributed by atoms with Gasteiger partial charge in [0, 0.05) is 5.56 Å². The van der Waals surface area contributed by atoms with E-state index in [1.807, 2.05) is 12.1 Å². The molecule has 0 aliphatic carbocycles. The lowest BCUT2D eigenvalue weighted by atomic mass is 10.1. The van der Waals surface area contributed by atoms with Crippen molar-refractivity contribution in [2.24, 2.45) is 5.73 Å². The number of nitrogens with two attached hydrogens (primary N) is 1. The Bertz CT molecular complexity index is 693. The van der Waals surface area contributed by atoms with E-state index >= 15 is 0 Å². The van der Waals surface area contributed by atoms with Gasteiger partial charge in [-0.25, -0.2) is 4.98 Å². The molecule has 0 bridgehead atoms. The van der Waals surface area contributed by atoms with E-state index in [-0.39, 0.29) is 0 Å². The second-order valence-electron chi connectivity index (χ2n) is 4.37. The maximum absolute atomic E-state index is 11.1. The second kappa shape index (κ2) is 6.52. The van der Waals surface area contributed by atoms with Crippen LogP contribution in [0, 0.1) is 0 Å². The van der Waals surface area contributed by atoms with Gasteiger partial charge in [0.05, 0.1) is 11.4 Å². The normalized spacial score (nSPS) is 9.90. The summed E-state index contributed by atoms with van der Waals surface area (Å²) in [5, 5.41) is 0. The van der Waals surface area contributed by atoms with Crippen LogP contribution in [-0.4, -0.2) is 10.9 Å². The molecule has 0 spiro atoms. The molecule has 0 saturated heterocycles. The molecule has 4 nitrogen and oxygen atoms in total. The Morgan fingerprint density at radius 2 is 2.05 bits per heavy atom. The summed E-state index contributed by atoms with van der Waals surface area (Å²) < 4.78 is 5.63. The molecular formula is C17H16N2O2. The lowest BCUT2D eigenvalue weighted by Gasteiger charge is -2.08. The third-order valence-electron chi connectivity index (χ3n) is 2.93. The Morgan fingerprint density at radius 3 is 2.71 bits per heavy atom. The van der Waals surface area contributed by atoms with Gasteiger partial charge in [-0.15, -0.1) is 0 Å². The Balaban J connectivity index is 2.13. The minimum absolute atomic E-state index is 0.292. The van der Waals surface area contributed by atoms with E-state index < -0.39 is 5.91 Å². The lowest BCUT2D eigenvalue weighted by molar-refractivity contribution is 0.1000. The van der Waals surface area contributed by atoms with E-state index in [0.717, 1.165) is 17.0 Å². The molecule has 21 heavy (non-hydrogen) atoms. The topological polar surface area (TPSA) is 65.2 Å². The zero-order valence-electron chi connectivity index (χ0n) is 11.6. The number of hydrogen-bond acceptors (Lipinski definition) is 3. The number of carbonyl (C=O) groups excluding carboxylic acids is 1. The van der Waals surface area contributed by atoms with Gasteiger partial charge in [0.1, 0.15) is 12.4 Å². The largest absolute Gasteiger partial charge is 0.487 e. The molecule has 0 radical (unpaired) electrons. The van der Waals surface area contributed by atoms with Crippen molar-refractivity contribution in [3.05, 3.63) is 72.1 Å². The van der Waals surface area contributed by atoms with Gasteiger partial charge in [-0.1, -0.05) is 31.4 Å². The van der Waals surface area contributed by atoms with E-state index in [0.29, 0.717) is 17.9 Å². The van der Waals surface area contributed by atoms with Gasteiger partial charge < -0.3 is 10.5 Å². The molecule has 2 N–H and O–H groups in total. The van der Waals surface area contributed by atoms with E-state index in [9.17, 15) is 4.79 Å². The van der Waals surface area contributed by atoms with Gasteiger partial charge in [-0.3, -0.25) is 4.79 Å². The quantitative estimate of drug-likeness (QED) is 0.884. The van der Waals surface area contributed by atoms with Crippen molar-refractivity contribution in [3.63, 3.8) is 0 Å². The summed E-state index contributed by atoms with van der Waals surface area (Å²) in [5.41, 5.74) is 8.09. The predicted octanol–water partition coefficient (Wildman–Crippen LogP) is 3.05. The first-order chi connectivity index (χ1) is 10.1. The van der Waals surface area contributed by atoms with Gasteiger partial charge in [0.15, 0.2) is 0 Å². The molecule has 1 aromatic carbocycles. The number of aromatic nitrogens is 1. The number of amides is 1. The highest BCUT2D eigenvalue weighted by Gasteiger charge is 2.04. The number of nitrogens with zero attached hydrogens (tertiary/aromatic N) is 1. The third kappa shape index (κ3) is 3.57. The van der Waals surface area contributed by atoms with Gasteiger partial charge in [-0.2, -0.15) is 0 Å². The Labute approximate surface area is 123 Å². The number of pyridine rings is 1. The number of hydrogen-bond donors (Lipinski definition) is 1. The zero-order valence-corrected chi connectivity index (χ0v) is 11.6. The minimum Gasteiger partial charge on any atom is -0.487 e. The third-order valence-corrected chi connectivity index (χ3v) is 2.93. The average molecular weight is 280 g/mol. The van der Waals surface area contributed by atoms with Crippen LogP contribution in [-0.2, 0) is 6.61 Å². The number of carbonyl (C=O) groups is 1. The second-order valence-corrected chi connectivity index (χ2v) is 4.37. The number of ether oxygens (including phenoxy) is 1. The van der Waals surface area contributed by atoms with Crippen LogP contribution in [0.3, 0.4) is 0 Å². The molecule has 0 aliphatic rings. The number of primary amides is 1. The van der Waals surface area contributed by atoms with Crippen molar-refractivity contribution in [2.45, 2.75) is 6.61 Å². The Hall–Kier alpha value is -2.88. The predicted molar refractivity (Wildman–Crippen MR) is 83.7 cm³/mol. The fraction of sp³-hybridized carbons (Fsp3) is 0.0588. The van der Waals surface area contributed by atoms with Crippen LogP contribution in [0.2, 0.25) is 0 Å². The number of rotatable bonds is 6. The van der Waals surface area contributed by atoms with Crippen molar-refractivity contribution in [1.29, 1.82) is 0 Å². The fourth-order valence-corrected chi connectivity index (χ4v) is 1.84. The van der Waals surface area contributed by atoms with Crippen LogP contribution < -0.4 is 10.5 Å². The van der Waals surface area contributed by atoms with E-state index in [1.165, 1.54) is 0 Å². The van der Waals surface area contributed by atoms with Crippen LogP contribution in [0.5, 0.6) is 5.75 Å². The summed E-state index contributed by atoms with van der Waals surface area (Å²) >= 11 is 0. The molecular weight excluding hydrogens is 264 g/mol. The highest BCUT2D eigenvalue weighted by molar-refractivity contribution is 5.93. The van der Waals surface area contributed by atoms with Crippen molar-refractivity contribution >= 4 is 18.1 Å². The zero-order chi connectivity index (χ0) is 15.2. The van der Waals surface area contributed by atoms with E-state index in [4.69, 9.17) is 10.5 Å². The summed E-state index contributed by atoms with van der Waals surface area (Å²) in [4.78, 5) is 15.5. The Morgan fingerprint density at radius 1 is 1.24 bits per heavy atom. The molecule has 1 amide bonds. The summed E-state index contributed by atoms with van der Waals surface area (Å²) in [6, 6.07) is 10.5. The highest BCUT2D eigenvalue weighted by atomic mass is 16.5. The molecule has 106 valence electrons. The summed E-state index contributed by atoms with van der Waals surface area (Å²) in [6.45, 7) is 7.75. The van der Waals surface area contributed by atoms with E-state index in [1.54, 1.807) is 36.4 Å². The first kappa shape index (κ1) is 14.5. The standard InChI is InChI=1S/C17H16N2O2/c1-3-12-8-9-14(19-16(12)4-2)11-21-15-7-5-6-13(10-15)17(18)20/h3-10H,1-2,11H2,(H2,18,20). The van der Waals surface area contributed by atoms with Gasteiger partial charge in [0.2, 0.25) is 5.91 Å². The van der Waals surface area contributed by atoms with Gasteiger partial charge >= 0.3 is 0 Å². The van der Waals surface area contributed by atoms with Crippen molar-refractivity contribution < 1.29 is 9.53 Å². The highest BCUT2D eigenvalue weighted by Crippen LogP contribution is 2.16. The minimum atomic E-state index is -0.483. The molecule has 2 rings (SSSR count). The van der Waals surface area contributed by atoms with E-state index in [2.05, 4.69) is 18.1 Å². The molecule has 0 saturated carbocycles. The molecule has 1 aromatic heterocycles. The molecule has 0 atom stereocenters. The molecule has 1 heterocycles. The first-order valence-corrected chi connectivity index (χ1v) is 6.41. The lowest BCUT2D eigenvalue weighted by Crippen LogP contribution is -2.10. The molecule has 0 unspecified atom stereocenters. The van der Waals surface area contributed by atoms with Crippen LogP contribution in [0.15, 0.2) is 49.6 Å². The summed E-state index contributed by atoms with van der Waals surface area (Å²) in [6.07, 6.45) is 3.40. The van der Waals surface area contributed by atoms with Crippen molar-refractivity contribution in [3.8, 4) is 5.75 Å². The molecule has 0 aliphatic heterocycles. The van der Waals surface area contributed by atoms with Crippen LogP contribution in [0.25, 0.3) is 12.2 Å². The van der Waals surface area contributed by atoms with Crippen molar-refractivity contribution in [1.82, 2.24) is 4.98 Å².